The van der Waals surface area contributed by atoms with E-state index in [0.717, 1.165) is 18.8 Å². The fraction of sp³-hybridized carbons (Fsp3) is 0.375. The molecule has 0 radical (unpaired) electrons. The smallest absolute Gasteiger partial charge is 0.123 e. The molecule has 1 aromatic heterocycles. The summed E-state index contributed by atoms with van der Waals surface area (Å²) in [4.78, 5) is 2.63. The molecule has 0 aliphatic carbocycles. The molecule has 0 aliphatic rings. The summed E-state index contributed by atoms with van der Waals surface area (Å²) in [5, 5.41) is 3.34. The first kappa shape index (κ1) is 14.1. The minimum Gasteiger partial charge on any atom is -0.488 e. The molecule has 2 aromatic rings. The van der Waals surface area contributed by atoms with Gasteiger partial charge in [-0.1, -0.05) is 19.1 Å². The first-order chi connectivity index (χ1) is 9.20. The summed E-state index contributed by atoms with van der Waals surface area (Å²) in [6, 6.07) is 10.5. The van der Waals surface area contributed by atoms with Gasteiger partial charge in [-0.2, -0.15) is 0 Å². The van der Waals surface area contributed by atoms with Gasteiger partial charge in [-0.15, -0.1) is 11.3 Å². The monoisotopic (exact) mass is 275 g/mol. The second-order valence-electron chi connectivity index (χ2n) is 4.64. The Morgan fingerprint density at radius 1 is 1.11 bits per heavy atom. The quantitative estimate of drug-likeness (QED) is 0.858. The van der Waals surface area contributed by atoms with E-state index in [1.165, 1.54) is 20.9 Å². The van der Waals surface area contributed by atoms with Crippen LogP contribution in [0, 0.1) is 13.8 Å². The van der Waals surface area contributed by atoms with E-state index in [-0.39, 0.29) is 0 Å². The lowest BCUT2D eigenvalue weighted by molar-refractivity contribution is 0.307. The van der Waals surface area contributed by atoms with Gasteiger partial charge in [-0.05, 0) is 49.7 Å². The van der Waals surface area contributed by atoms with Gasteiger partial charge in [0.25, 0.3) is 0 Å². The highest BCUT2D eigenvalue weighted by Crippen LogP contribution is 2.23. The molecule has 0 saturated heterocycles. The molecule has 0 saturated carbocycles. The summed E-state index contributed by atoms with van der Waals surface area (Å²) in [6.07, 6.45) is 0. The minimum atomic E-state index is 0.654. The lowest BCUT2D eigenvalue weighted by atomic mass is 10.1. The van der Waals surface area contributed by atoms with Crippen LogP contribution in [0.5, 0.6) is 5.75 Å². The van der Waals surface area contributed by atoms with Gasteiger partial charge in [0.05, 0.1) is 0 Å². The van der Waals surface area contributed by atoms with E-state index in [4.69, 9.17) is 4.74 Å². The Labute approximate surface area is 119 Å². The summed E-state index contributed by atoms with van der Waals surface area (Å²) in [6.45, 7) is 8.95. The number of benzene rings is 1. The van der Waals surface area contributed by atoms with E-state index in [1.807, 2.05) is 23.5 Å². The van der Waals surface area contributed by atoms with Crippen LogP contribution in [-0.4, -0.2) is 6.54 Å². The van der Waals surface area contributed by atoms with Crippen molar-refractivity contribution >= 4 is 11.3 Å². The lowest BCUT2D eigenvalue weighted by Gasteiger charge is -2.09. The Morgan fingerprint density at radius 2 is 1.89 bits per heavy atom. The topological polar surface area (TPSA) is 21.3 Å². The zero-order valence-electron chi connectivity index (χ0n) is 11.8. The molecule has 0 aliphatic heterocycles. The van der Waals surface area contributed by atoms with Crippen LogP contribution < -0.4 is 10.1 Å². The molecule has 1 N–H and O–H groups in total. The zero-order chi connectivity index (χ0) is 13.7. The van der Waals surface area contributed by atoms with Crippen LogP contribution in [-0.2, 0) is 13.2 Å². The lowest BCUT2D eigenvalue weighted by Crippen LogP contribution is -2.10. The first-order valence-corrected chi connectivity index (χ1v) is 7.49. The molecule has 3 heteroatoms. The molecule has 2 rings (SSSR count). The average molecular weight is 275 g/mol. The van der Waals surface area contributed by atoms with Gasteiger partial charge >= 0.3 is 0 Å². The molecule has 0 spiro atoms. The molecule has 0 amide bonds. The van der Waals surface area contributed by atoms with Crippen molar-refractivity contribution in [1.82, 2.24) is 5.32 Å². The van der Waals surface area contributed by atoms with Crippen LogP contribution >= 0.6 is 11.3 Å². The van der Waals surface area contributed by atoms with Crippen molar-refractivity contribution in [3.63, 3.8) is 0 Å². The summed E-state index contributed by atoms with van der Waals surface area (Å²) < 4.78 is 5.91. The van der Waals surface area contributed by atoms with Crippen LogP contribution in [0.15, 0.2) is 30.3 Å². The van der Waals surface area contributed by atoms with Gasteiger partial charge in [0, 0.05) is 16.3 Å². The Hall–Kier alpha value is -1.32. The molecule has 2 nitrogen and oxygen atoms in total. The maximum atomic E-state index is 5.91. The van der Waals surface area contributed by atoms with E-state index >= 15 is 0 Å². The Kier molecular flexibility index (Phi) is 5.00. The van der Waals surface area contributed by atoms with E-state index in [9.17, 15) is 0 Å². The summed E-state index contributed by atoms with van der Waals surface area (Å²) in [7, 11) is 0. The number of hydrogen-bond donors (Lipinski definition) is 1. The highest BCUT2D eigenvalue weighted by atomic mass is 32.1. The zero-order valence-corrected chi connectivity index (χ0v) is 12.6. The molecule has 0 unspecified atom stereocenters. The van der Waals surface area contributed by atoms with Crippen molar-refractivity contribution in [2.75, 3.05) is 6.54 Å². The maximum absolute atomic E-state index is 5.91. The average Bonchev–Trinajstić information content (AvgIpc) is 2.86. The summed E-state index contributed by atoms with van der Waals surface area (Å²) >= 11 is 1.81. The number of hydrogen-bond acceptors (Lipinski definition) is 3. The molecule has 19 heavy (non-hydrogen) atoms. The standard InChI is InChI=1S/C16H21NOS/c1-4-17-10-14-8-9-15(19-14)11-18-16-7-5-6-12(2)13(16)3/h5-9,17H,4,10-11H2,1-3H3. The molecular weight excluding hydrogens is 254 g/mol. The predicted octanol–water partition coefficient (Wildman–Crippen LogP) is 4.05. The van der Waals surface area contributed by atoms with Crippen LogP contribution in [0.1, 0.15) is 27.8 Å². The molecule has 102 valence electrons. The van der Waals surface area contributed by atoms with Gasteiger partial charge < -0.3 is 10.1 Å². The third kappa shape index (κ3) is 3.82. The third-order valence-corrected chi connectivity index (χ3v) is 4.25. The van der Waals surface area contributed by atoms with Crippen molar-refractivity contribution in [2.24, 2.45) is 0 Å². The van der Waals surface area contributed by atoms with Crippen molar-refractivity contribution in [3.8, 4) is 5.75 Å². The molecule has 0 bridgehead atoms. The fourth-order valence-electron chi connectivity index (χ4n) is 1.87. The van der Waals surface area contributed by atoms with Crippen LogP contribution in [0.4, 0.5) is 0 Å². The fourth-order valence-corrected chi connectivity index (χ4v) is 2.77. The second-order valence-corrected chi connectivity index (χ2v) is 5.89. The van der Waals surface area contributed by atoms with E-state index in [2.05, 4.69) is 44.3 Å². The number of aryl methyl sites for hydroxylation is 1. The second kappa shape index (κ2) is 6.73. The van der Waals surface area contributed by atoms with Crippen LogP contribution in [0.3, 0.4) is 0 Å². The number of thiophene rings is 1. The minimum absolute atomic E-state index is 0.654. The van der Waals surface area contributed by atoms with Gasteiger partial charge in [0.1, 0.15) is 12.4 Å². The van der Waals surface area contributed by atoms with E-state index in [0.29, 0.717) is 6.61 Å². The normalized spacial score (nSPS) is 10.7. The largest absolute Gasteiger partial charge is 0.488 e. The summed E-state index contributed by atoms with van der Waals surface area (Å²) in [5.74, 6) is 0.988. The predicted molar refractivity (Wildman–Crippen MR) is 81.9 cm³/mol. The van der Waals surface area contributed by atoms with Gasteiger partial charge in [-0.25, -0.2) is 0 Å². The SMILES string of the molecule is CCNCc1ccc(COc2cccc(C)c2C)s1. The molecule has 1 aromatic carbocycles. The highest BCUT2D eigenvalue weighted by Gasteiger charge is 2.04. The Balaban J connectivity index is 1.95. The van der Waals surface area contributed by atoms with Crippen molar-refractivity contribution in [1.29, 1.82) is 0 Å². The number of rotatable bonds is 6. The molecule has 0 atom stereocenters. The van der Waals surface area contributed by atoms with Crippen LogP contribution in [0.2, 0.25) is 0 Å². The molecule has 0 fully saturated rings. The van der Waals surface area contributed by atoms with Crippen molar-refractivity contribution in [2.45, 2.75) is 33.9 Å². The van der Waals surface area contributed by atoms with Crippen LogP contribution in [0.25, 0.3) is 0 Å². The molecule has 1 heterocycles. The summed E-state index contributed by atoms with van der Waals surface area (Å²) in [5.41, 5.74) is 2.50. The first-order valence-electron chi connectivity index (χ1n) is 6.68. The molecular formula is C16H21NOS. The van der Waals surface area contributed by atoms with E-state index < -0.39 is 0 Å². The third-order valence-electron chi connectivity index (χ3n) is 3.19. The van der Waals surface area contributed by atoms with Gasteiger partial charge in [0.15, 0.2) is 0 Å². The maximum Gasteiger partial charge on any atom is 0.123 e. The highest BCUT2D eigenvalue weighted by molar-refractivity contribution is 7.11. The van der Waals surface area contributed by atoms with Crippen molar-refractivity contribution in [3.05, 3.63) is 51.2 Å². The Morgan fingerprint density at radius 3 is 2.68 bits per heavy atom. The Bertz CT molecular complexity index is 533. The van der Waals surface area contributed by atoms with Gasteiger partial charge in [0.2, 0.25) is 0 Å². The van der Waals surface area contributed by atoms with Crippen molar-refractivity contribution < 1.29 is 4.74 Å². The number of nitrogens with one attached hydrogen (secondary N) is 1. The number of ether oxygens (including phenoxy) is 1. The van der Waals surface area contributed by atoms with Gasteiger partial charge in [-0.3, -0.25) is 0 Å². The van der Waals surface area contributed by atoms with E-state index in [1.54, 1.807) is 0 Å².